The molecule has 0 aromatic heterocycles. The highest BCUT2D eigenvalue weighted by Gasteiger charge is 2.52. The highest BCUT2D eigenvalue weighted by molar-refractivity contribution is 5.87. The Hall–Kier alpha value is -4.64. The van der Waals surface area contributed by atoms with Crippen LogP contribution in [0.3, 0.4) is 0 Å². The van der Waals surface area contributed by atoms with E-state index in [9.17, 15) is 34.5 Å². The lowest BCUT2D eigenvalue weighted by molar-refractivity contribution is -0.308. The van der Waals surface area contributed by atoms with E-state index in [2.05, 4.69) is 41.1 Å². The summed E-state index contributed by atoms with van der Waals surface area (Å²) < 4.78 is 54.4. The minimum Gasteiger partial charge on any atom is -0.459 e. The molecule has 0 bridgehead atoms. The number of carbonyl (C=O) groups is 4. The number of allylic oxidation sites excluding steroid dienone is 1. The van der Waals surface area contributed by atoms with E-state index < -0.39 is 134 Å². The Balaban J connectivity index is 1.74. The van der Waals surface area contributed by atoms with Crippen molar-refractivity contribution >= 4 is 23.8 Å². The molecular weight excluding hydrogens is 983 g/mol. The molecule has 4 rings (SSSR count). The van der Waals surface area contributed by atoms with Gasteiger partial charge in [0.05, 0.1) is 50.1 Å². The molecule has 0 radical (unpaired) electrons. The van der Waals surface area contributed by atoms with Gasteiger partial charge in [0.2, 0.25) is 5.91 Å². The van der Waals surface area contributed by atoms with Crippen LogP contribution >= 0.6 is 0 Å². The van der Waals surface area contributed by atoms with Gasteiger partial charge in [-0.1, -0.05) is 86.7 Å². The van der Waals surface area contributed by atoms with Crippen LogP contribution in [0.25, 0.3) is 0 Å². The molecule has 2 aromatic carbocycles. The fraction of sp³-hybridized carbons (Fsp3) is 0.649. The lowest BCUT2D eigenvalue weighted by atomic mass is 9.81. The number of esters is 3. The third-order valence-electron chi connectivity index (χ3n) is 14.1. The Morgan fingerprint density at radius 3 is 1.95 bits per heavy atom. The van der Waals surface area contributed by atoms with Crippen molar-refractivity contribution in [3.8, 4) is 0 Å². The van der Waals surface area contributed by atoms with Gasteiger partial charge in [0.1, 0.15) is 30.5 Å². The zero-order valence-corrected chi connectivity index (χ0v) is 46.4. The minimum atomic E-state index is -1.43. The maximum Gasteiger partial charge on any atom is 0.308 e. The molecule has 0 spiro atoms. The summed E-state index contributed by atoms with van der Waals surface area (Å²) in [5.41, 5.74) is 2.20. The molecule has 2 saturated heterocycles. The Bertz CT molecular complexity index is 2040. The quantitative estimate of drug-likeness (QED) is 0.0346. The van der Waals surface area contributed by atoms with Gasteiger partial charge < -0.3 is 63.3 Å². The van der Waals surface area contributed by atoms with E-state index in [1.54, 1.807) is 45.8 Å². The van der Waals surface area contributed by atoms with E-state index >= 15 is 0 Å². The number of aliphatic hydroxyl groups is 3. The Kier molecular flexibility index (Phi) is 27.2. The molecule has 2 heterocycles. The lowest BCUT2D eigenvalue weighted by Crippen LogP contribution is -2.65. The maximum atomic E-state index is 14.0. The topological polar surface area (TPSA) is 231 Å². The molecule has 426 valence electrons. The number of benzene rings is 2. The van der Waals surface area contributed by atoms with E-state index in [-0.39, 0.29) is 12.5 Å². The summed E-state index contributed by atoms with van der Waals surface area (Å²) in [5, 5.41) is 36.6. The normalized spacial score (nSPS) is 26.7. The first kappa shape index (κ1) is 63.9. The van der Waals surface area contributed by atoms with E-state index in [1.165, 1.54) is 40.2 Å². The number of amides is 1. The van der Waals surface area contributed by atoms with Crippen molar-refractivity contribution in [3.05, 3.63) is 96.6 Å². The van der Waals surface area contributed by atoms with E-state index in [4.69, 9.17) is 42.6 Å². The summed E-state index contributed by atoms with van der Waals surface area (Å²) in [5.74, 6) is -4.41. The SMILES string of the molecule is C=CC(CO[C@H]1O[C@@H](C)[C@@H](O)[C@H](OC)[C@@H]1OC)C(CO)OC(=O)CC(O)C(C)C(O[C@H]1O[C@H](C)[C@H](OC(C)=O)[C@@H](N(C)C)[C@H]1OC(C)=O)C(CCN(Cc1ccccc1)Cc1ccccc1)CC(C)NC(=O)/C=C/CC. The van der Waals surface area contributed by atoms with Crippen LogP contribution < -0.4 is 5.32 Å². The van der Waals surface area contributed by atoms with Gasteiger partial charge in [-0.05, 0) is 83.8 Å². The molecule has 76 heavy (non-hydrogen) atoms. The summed E-state index contributed by atoms with van der Waals surface area (Å²) in [6.07, 6.45) is -6.16. The van der Waals surface area contributed by atoms with Crippen LogP contribution in [0.4, 0.5) is 0 Å². The predicted octanol–water partition coefficient (Wildman–Crippen LogP) is 4.73. The average molecular weight is 1070 g/mol. The van der Waals surface area contributed by atoms with Crippen molar-refractivity contribution in [2.24, 2.45) is 17.8 Å². The molecule has 7 unspecified atom stereocenters. The molecule has 19 nitrogen and oxygen atoms in total. The molecule has 2 aromatic rings. The van der Waals surface area contributed by atoms with Crippen molar-refractivity contribution in [1.29, 1.82) is 0 Å². The van der Waals surface area contributed by atoms with Crippen LogP contribution in [0.15, 0.2) is 85.5 Å². The van der Waals surface area contributed by atoms with Gasteiger partial charge in [-0.25, -0.2) is 0 Å². The number of carbonyl (C=O) groups excluding carboxylic acids is 4. The van der Waals surface area contributed by atoms with Crippen molar-refractivity contribution in [1.82, 2.24) is 15.1 Å². The van der Waals surface area contributed by atoms with E-state index in [0.717, 1.165) is 11.1 Å². The lowest BCUT2D eigenvalue weighted by Gasteiger charge is -2.48. The molecule has 0 aliphatic carbocycles. The zero-order chi connectivity index (χ0) is 56.1. The number of hydrogen-bond donors (Lipinski definition) is 4. The minimum absolute atomic E-state index is 0.133. The number of hydrogen-bond acceptors (Lipinski definition) is 18. The molecule has 2 aliphatic heterocycles. The summed E-state index contributed by atoms with van der Waals surface area (Å²) in [6.45, 7) is 16.4. The van der Waals surface area contributed by atoms with Gasteiger partial charge >= 0.3 is 17.9 Å². The Morgan fingerprint density at radius 2 is 1.42 bits per heavy atom. The molecule has 17 atom stereocenters. The molecule has 2 fully saturated rings. The Morgan fingerprint density at radius 1 is 0.842 bits per heavy atom. The van der Waals surface area contributed by atoms with Crippen molar-refractivity contribution in [2.45, 2.75) is 173 Å². The van der Waals surface area contributed by atoms with Crippen LogP contribution in [0.1, 0.15) is 85.3 Å². The van der Waals surface area contributed by atoms with Gasteiger partial charge in [-0.2, -0.15) is 0 Å². The van der Waals surface area contributed by atoms with Crippen LogP contribution in [0, 0.1) is 17.8 Å². The van der Waals surface area contributed by atoms with Crippen molar-refractivity contribution < 1.29 is 77.1 Å². The molecule has 2 aliphatic rings. The molecule has 0 saturated carbocycles. The van der Waals surface area contributed by atoms with Crippen LogP contribution in [0.2, 0.25) is 0 Å². The third-order valence-corrected chi connectivity index (χ3v) is 14.1. The zero-order valence-electron chi connectivity index (χ0n) is 46.4. The van der Waals surface area contributed by atoms with E-state index in [0.29, 0.717) is 38.9 Å². The predicted molar refractivity (Wildman–Crippen MR) is 283 cm³/mol. The summed E-state index contributed by atoms with van der Waals surface area (Å²) >= 11 is 0. The average Bonchev–Trinajstić information content (AvgIpc) is 3.37. The highest BCUT2D eigenvalue weighted by Crippen LogP contribution is 2.36. The summed E-state index contributed by atoms with van der Waals surface area (Å²) in [6, 6.07) is 19.0. The monoisotopic (exact) mass is 1070 g/mol. The van der Waals surface area contributed by atoms with Crippen molar-refractivity contribution in [3.63, 3.8) is 0 Å². The fourth-order valence-electron chi connectivity index (χ4n) is 10.1. The molecule has 1 amide bonds. The molecule has 19 heteroatoms. The number of nitrogens with one attached hydrogen (secondary N) is 1. The van der Waals surface area contributed by atoms with Crippen LogP contribution in [-0.2, 0) is 74.9 Å². The highest BCUT2D eigenvalue weighted by atomic mass is 16.7. The maximum absolute atomic E-state index is 14.0. The van der Waals surface area contributed by atoms with Crippen LogP contribution in [0.5, 0.6) is 0 Å². The fourth-order valence-corrected chi connectivity index (χ4v) is 10.1. The number of likely N-dealkylation sites (N-methyl/N-ethyl adjacent to an activating group) is 1. The second-order valence-corrected chi connectivity index (χ2v) is 20.3. The summed E-state index contributed by atoms with van der Waals surface area (Å²) in [7, 11) is 6.41. The van der Waals surface area contributed by atoms with Crippen LogP contribution in [-0.4, -0.2) is 183 Å². The van der Waals surface area contributed by atoms with Gasteiger partial charge in [0.15, 0.2) is 18.7 Å². The van der Waals surface area contributed by atoms with Gasteiger partial charge in [-0.3, -0.25) is 29.0 Å². The number of ether oxygens (including phenoxy) is 9. The van der Waals surface area contributed by atoms with Crippen molar-refractivity contribution in [2.75, 3.05) is 48.1 Å². The first-order valence-electron chi connectivity index (χ1n) is 26.5. The number of nitrogens with zero attached hydrogens (tertiary/aromatic N) is 2. The van der Waals surface area contributed by atoms with E-state index in [1.807, 2.05) is 50.2 Å². The largest absolute Gasteiger partial charge is 0.459 e. The molecule has 4 N–H and O–H groups in total. The number of rotatable bonds is 31. The van der Waals surface area contributed by atoms with Gasteiger partial charge in [-0.15, -0.1) is 6.58 Å². The third kappa shape index (κ3) is 19.4. The standard InChI is InChI=1S/C57H87N3O16/c1-13-15-26-47(65)58-35(3)29-44(27-28-60(31-41-22-18-16-19-23-41)32-42-24-20-17-21-25-42)51(76-57-53(74-40(8)63)49(59(9)10)52(38(6)72-57)73-39(7)62)36(4)45(64)30-48(66)75-46(33-61)43(14-2)34-70-56-55(69-12)54(68-11)50(67)37(5)71-56/h14-26,35-38,43-46,49-57,61,64,67H,2,13,27-34H2,1,3-12H3,(H,58,65)/b26-15+/t35?,36?,37-,38+,43?,44?,45?,46?,49+,50+,51?,52-,53+,54-,55-,56-,57+/m0/s1. The Labute approximate surface area is 450 Å². The van der Waals surface area contributed by atoms with Gasteiger partial charge in [0.25, 0.3) is 0 Å². The smallest absolute Gasteiger partial charge is 0.308 e. The second-order valence-electron chi connectivity index (χ2n) is 20.3. The van der Waals surface area contributed by atoms with Gasteiger partial charge in [0, 0.05) is 59.0 Å². The number of aliphatic hydroxyl groups excluding tert-OH is 3. The first-order chi connectivity index (χ1) is 36.2. The first-order valence-corrected chi connectivity index (χ1v) is 26.5. The number of methoxy groups -OCH3 is 2. The second kappa shape index (κ2) is 32.3. The summed E-state index contributed by atoms with van der Waals surface area (Å²) in [4.78, 5) is 56.7. The molecular formula is C57H87N3O16.